The van der Waals surface area contributed by atoms with Crippen molar-refractivity contribution in [2.24, 2.45) is 4.99 Å². The second kappa shape index (κ2) is 15.7. The average Bonchev–Trinajstić information content (AvgIpc) is 3.47. The zero-order valence-corrected chi connectivity index (χ0v) is 27.9. The molecule has 0 saturated carbocycles. The second-order valence-corrected chi connectivity index (χ2v) is 13.3. The van der Waals surface area contributed by atoms with Gasteiger partial charge in [0.2, 0.25) is 5.91 Å². The summed E-state index contributed by atoms with van der Waals surface area (Å²) in [6.07, 6.45) is 0. The summed E-state index contributed by atoms with van der Waals surface area (Å²) in [4.78, 5) is 78.7. The molecule has 18 heteroatoms. The van der Waals surface area contributed by atoms with Crippen molar-refractivity contribution < 1.29 is 56.1 Å². The SMILES string of the molecule is CCOC(=O)c1ccc2c(c1)sc(=NC(=O)CS(=O)(=O)CC(=O)Nc1sc(C(=O)OCC)c(C)c1C(=O)OCC)n2CC(=O)OC. The summed E-state index contributed by atoms with van der Waals surface area (Å²) < 4.78 is 47.2. The molecule has 0 atom stereocenters. The minimum atomic E-state index is -4.40. The molecule has 3 rings (SSSR count). The largest absolute Gasteiger partial charge is 0.468 e. The monoisotopic (exact) mass is 697 g/mol. The molecule has 0 aliphatic heterocycles. The van der Waals surface area contributed by atoms with Gasteiger partial charge in [-0.1, -0.05) is 11.3 Å². The highest BCUT2D eigenvalue weighted by atomic mass is 32.2. The van der Waals surface area contributed by atoms with Crippen molar-refractivity contribution in [3.05, 3.63) is 44.6 Å². The molecule has 15 nitrogen and oxygen atoms in total. The predicted molar refractivity (Wildman–Crippen MR) is 167 cm³/mol. The number of fused-ring (bicyclic) bond motifs is 1. The van der Waals surface area contributed by atoms with Crippen molar-refractivity contribution >= 4 is 83.4 Å². The van der Waals surface area contributed by atoms with E-state index in [1.807, 2.05) is 0 Å². The molecule has 0 bridgehead atoms. The fraction of sp³-hybridized carbons (Fsp3) is 0.393. The first-order valence-electron chi connectivity index (χ1n) is 13.7. The summed E-state index contributed by atoms with van der Waals surface area (Å²) in [5.74, 6) is -7.36. The third-order valence-corrected chi connectivity index (χ3v) is 9.58. The van der Waals surface area contributed by atoms with Gasteiger partial charge in [-0.25, -0.2) is 22.8 Å². The molecule has 2 amide bonds. The third kappa shape index (κ3) is 8.85. The van der Waals surface area contributed by atoms with Crippen LogP contribution in [0.4, 0.5) is 5.00 Å². The summed E-state index contributed by atoms with van der Waals surface area (Å²) in [6.45, 7) is 6.11. The molecule has 2 aromatic heterocycles. The Labute approximate surface area is 271 Å². The molecule has 0 saturated heterocycles. The number of carbonyl (C=O) groups is 6. The van der Waals surface area contributed by atoms with Crippen LogP contribution in [0.25, 0.3) is 10.2 Å². The summed E-state index contributed by atoms with van der Waals surface area (Å²) in [5, 5.41) is 2.21. The van der Waals surface area contributed by atoms with Crippen molar-refractivity contribution in [3.8, 4) is 0 Å². The Hall–Kier alpha value is -4.42. The van der Waals surface area contributed by atoms with Gasteiger partial charge in [0.15, 0.2) is 14.6 Å². The van der Waals surface area contributed by atoms with E-state index in [-0.39, 0.29) is 57.7 Å². The Morgan fingerprint density at radius 2 is 1.52 bits per heavy atom. The van der Waals surface area contributed by atoms with Crippen LogP contribution in [0.1, 0.15) is 56.7 Å². The van der Waals surface area contributed by atoms with Crippen LogP contribution in [0.3, 0.4) is 0 Å². The van der Waals surface area contributed by atoms with Gasteiger partial charge in [0.25, 0.3) is 5.91 Å². The van der Waals surface area contributed by atoms with Crippen molar-refractivity contribution in [2.45, 2.75) is 34.2 Å². The number of nitrogens with zero attached hydrogens (tertiary/aromatic N) is 2. The van der Waals surface area contributed by atoms with Crippen molar-refractivity contribution in [2.75, 3.05) is 43.8 Å². The molecule has 1 N–H and O–H groups in total. The number of methoxy groups -OCH3 is 1. The highest BCUT2D eigenvalue weighted by Gasteiger charge is 2.29. The van der Waals surface area contributed by atoms with E-state index < -0.39 is 57.0 Å². The van der Waals surface area contributed by atoms with Gasteiger partial charge in [-0.05, 0) is 51.5 Å². The Morgan fingerprint density at radius 3 is 2.15 bits per heavy atom. The van der Waals surface area contributed by atoms with Gasteiger partial charge >= 0.3 is 23.9 Å². The average molecular weight is 698 g/mol. The topological polar surface area (TPSA) is 203 Å². The minimum Gasteiger partial charge on any atom is -0.468 e. The molecule has 0 aliphatic rings. The molecule has 248 valence electrons. The van der Waals surface area contributed by atoms with Crippen LogP contribution in [0, 0.1) is 6.92 Å². The summed E-state index contributed by atoms with van der Waals surface area (Å²) >= 11 is 1.64. The Bertz CT molecular complexity index is 1870. The zero-order valence-electron chi connectivity index (χ0n) is 25.5. The van der Waals surface area contributed by atoms with Crippen LogP contribution in [0.5, 0.6) is 0 Å². The molecule has 46 heavy (non-hydrogen) atoms. The van der Waals surface area contributed by atoms with Gasteiger partial charge in [-0.3, -0.25) is 14.4 Å². The molecule has 0 spiro atoms. The Morgan fingerprint density at radius 1 is 0.891 bits per heavy atom. The quantitative estimate of drug-likeness (QED) is 0.202. The molecular weight excluding hydrogens is 667 g/mol. The number of hydrogen-bond acceptors (Lipinski definition) is 14. The van der Waals surface area contributed by atoms with E-state index in [9.17, 15) is 37.2 Å². The first-order chi connectivity index (χ1) is 21.7. The number of rotatable bonds is 13. The number of sulfone groups is 1. The zero-order chi connectivity index (χ0) is 34.2. The van der Waals surface area contributed by atoms with Gasteiger partial charge in [-0.15, -0.1) is 11.3 Å². The lowest BCUT2D eigenvalue weighted by molar-refractivity contribution is -0.141. The molecule has 0 radical (unpaired) electrons. The summed E-state index contributed by atoms with van der Waals surface area (Å²) in [6, 6.07) is 4.48. The van der Waals surface area contributed by atoms with Gasteiger partial charge < -0.3 is 28.8 Å². The number of anilines is 1. The highest BCUT2D eigenvalue weighted by Crippen LogP contribution is 2.34. The number of ether oxygens (including phenoxy) is 4. The maximum atomic E-state index is 12.8. The lowest BCUT2D eigenvalue weighted by atomic mass is 10.1. The van der Waals surface area contributed by atoms with Gasteiger partial charge in [0, 0.05) is 0 Å². The van der Waals surface area contributed by atoms with E-state index in [1.54, 1.807) is 20.8 Å². The lowest BCUT2D eigenvalue weighted by Crippen LogP contribution is -2.29. The van der Waals surface area contributed by atoms with Crippen LogP contribution in [0.2, 0.25) is 0 Å². The summed E-state index contributed by atoms with van der Waals surface area (Å²) in [7, 11) is -3.24. The maximum absolute atomic E-state index is 12.8. The van der Waals surface area contributed by atoms with Gasteiger partial charge in [0.05, 0.1) is 48.3 Å². The van der Waals surface area contributed by atoms with Crippen molar-refractivity contribution in [3.63, 3.8) is 0 Å². The van der Waals surface area contributed by atoms with E-state index in [0.717, 1.165) is 22.7 Å². The van der Waals surface area contributed by atoms with Crippen molar-refractivity contribution in [1.29, 1.82) is 0 Å². The predicted octanol–water partition coefficient (Wildman–Crippen LogP) is 2.26. The highest BCUT2D eigenvalue weighted by molar-refractivity contribution is 7.92. The van der Waals surface area contributed by atoms with Crippen LogP contribution >= 0.6 is 22.7 Å². The normalized spacial score (nSPS) is 11.6. The summed E-state index contributed by atoms with van der Waals surface area (Å²) in [5.41, 5.74) is 0.696. The van der Waals surface area contributed by atoms with E-state index in [2.05, 4.69) is 10.3 Å². The molecule has 0 unspecified atom stereocenters. The van der Waals surface area contributed by atoms with Crippen LogP contribution in [0.15, 0.2) is 23.2 Å². The second-order valence-electron chi connectivity index (χ2n) is 9.24. The lowest BCUT2D eigenvalue weighted by Gasteiger charge is -2.07. The Balaban J connectivity index is 1.87. The number of nitrogens with one attached hydrogen (secondary N) is 1. The van der Waals surface area contributed by atoms with Crippen LogP contribution in [-0.2, 0) is 49.7 Å². The number of carbonyl (C=O) groups excluding carboxylic acids is 6. The van der Waals surface area contributed by atoms with E-state index in [1.165, 1.54) is 36.8 Å². The smallest absolute Gasteiger partial charge is 0.348 e. The fourth-order valence-electron chi connectivity index (χ4n) is 4.03. The number of aromatic nitrogens is 1. The fourth-order valence-corrected chi connectivity index (χ4v) is 7.23. The number of amides is 2. The Kier molecular flexibility index (Phi) is 12.3. The first-order valence-corrected chi connectivity index (χ1v) is 17.1. The van der Waals surface area contributed by atoms with E-state index >= 15 is 0 Å². The number of hydrogen-bond donors (Lipinski definition) is 1. The number of thiazole rings is 1. The van der Waals surface area contributed by atoms with Gasteiger partial charge in [0.1, 0.15) is 27.9 Å². The number of benzene rings is 1. The molecule has 1 aromatic carbocycles. The van der Waals surface area contributed by atoms with Crippen LogP contribution in [-0.4, -0.2) is 87.1 Å². The molecule has 0 aliphatic carbocycles. The third-order valence-electron chi connectivity index (χ3n) is 5.96. The number of thiophene rings is 1. The number of esters is 4. The van der Waals surface area contributed by atoms with Gasteiger partial charge in [-0.2, -0.15) is 4.99 Å². The van der Waals surface area contributed by atoms with Crippen LogP contribution < -0.4 is 10.1 Å². The minimum absolute atomic E-state index is 0.00221. The van der Waals surface area contributed by atoms with Crippen molar-refractivity contribution in [1.82, 2.24) is 4.57 Å². The molecule has 3 aromatic rings. The molecule has 2 heterocycles. The maximum Gasteiger partial charge on any atom is 0.348 e. The first kappa shape index (κ1) is 36.1. The molecule has 0 fully saturated rings. The molecular formula is C28H31N3O12S3. The standard InChI is InChI=1S/C28H31N3O12S3/c1-6-41-25(35)16-9-10-17-18(11-16)44-28(31(17)12-21(34)40-5)30-20(33)14-46(38,39)13-19(32)29-24-22(26(36)42-7-2)15(4)23(45-24)27(37)43-8-3/h9-11H,6-8,12-14H2,1-5H3,(H,29,32). The van der Waals surface area contributed by atoms with E-state index in [4.69, 9.17) is 18.9 Å². The van der Waals surface area contributed by atoms with E-state index in [0.29, 0.717) is 10.2 Å².